The van der Waals surface area contributed by atoms with E-state index in [0.29, 0.717) is 16.4 Å². The number of thioether (sulfide) groups is 1. The first kappa shape index (κ1) is 23.8. The SMILES string of the molecule is CCN1CCN(c2ccc(NC(=O)c3ccc(NC(=O)CSc4nncn4C)cc3)cc2)CC1. The molecule has 0 saturated carbocycles. The molecule has 0 radical (unpaired) electrons. The van der Waals surface area contributed by atoms with Gasteiger partial charge in [0.15, 0.2) is 5.16 Å². The van der Waals surface area contributed by atoms with Crippen molar-refractivity contribution in [2.24, 2.45) is 7.05 Å². The minimum absolute atomic E-state index is 0.151. The zero-order chi connectivity index (χ0) is 23.9. The first-order valence-electron chi connectivity index (χ1n) is 11.3. The number of rotatable bonds is 8. The van der Waals surface area contributed by atoms with E-state index in [9.17, 15) is 9.59 Å². The molecule has 0 spiro atoms. The minimum atomic E-state index is -0.194. The number of piperazine rings is 1. The molecule has 1 aliphatic rings. The van der Waals surface area contributed by atoms with Gasteiger partial charge in [0, 0.05) is 55.9 Å². The second-order valence-corrected chi connectivity index (χ2v) is 9.00. The standard InChI is InChI=1S/C24H29N7O2S/c1-3-30-12-14-31(15-13-30)21-10-8-20(9-11-21)27-23(33)18-4-6-19(7-5-18)26-22(32)16-34-24-28-25-17-29(24)2/h4-11,17H,3,12-16H2,1-2H3,(H,26,32)(H,27,33). The first-order chi connectivity index (χ1) is 16.5. The van der Waals surface area contributed by atoms with Crippen molar-refractivity contribution >= 4 is 40.6 Å². The van der Waals surface area contributed by atoms with E-state index in [0.717, 1.165) is 38.4 Å². The van der Waals surface area contributed by atoms with Crippen molar-refractivity contribution in [1.82, 2.24) is 19.7 Å². The summed E-state index contributed by atoms with van der Waals surface area (Å²) < 4.78 is 1.76. The monoisotopic (exact) mass is 479 g/mol. The molecule has 3 aromatic rings. The third-order valence-corrected chi connectivity index (χ3v) is 6.78. The Kier molecular flexibility index (Phi) is 7.81. The summed E-state index contributed by atoms with van der Waals surface area (Å²) in [5, 5.41) is 14.2. The number of aromatic nitrogens is 3. The zero-order valence-electron chi connectivity index (χ0n) is 19.4. The number of carbonyl (C=O) groups excluding carboxylic acids is 2. The summed E-state index contributed by atoms with van der Waals surface area (Å²) >= 11 is 1.31. The van der Waals surface area contributed by atoms with E-state index >= 15 is 0 Å². The highest BCUT2D eigenvalue weighted by Crippen LogP contribution is 2.20. The summed E-state index contributed by atoms with van der Waals surface area (Å²) in [4.78, 5) is 29.6. The fraction of sp³-hybridized carbons (Fsp3) is 0.333. The van der Waals surface area contributed by atoms with Crippen LogP contribution in [0.4, 0.5) is 17.1 Å². The Balaban J connectivity index is 1.26. The van der Waals surface area contributed by atoms with Crippen LogP contribution in [0.25, 0.3) is 0 Å². The number of amides is 2. The van der Waals surface area contributed by atoms with E-state index in [-0.39, 0.29) is 17.6 Å². The molecular formula is C24H29N7O2S. The van der Waals surface area contributed by atoms with Gasteiger partial charge in [-0.3, -0.25) is 9.59 Å². The Morgan fingerprint density at radius 1 is 0.941 bits per heavy atom. The summed E-state index contributed by atoms with van der Waals surface area (Å²) in [7, 11) is 1.83. The molecule has 1 aromatic heterocycles. The maximum absolute atomic E-state index is 12.6. The highest BCUT2D eigenvalue weighted by Gasteiger charge is 2.16. The molecule has 178 valence electrons. The summed E-state index contributed by atoms with van der Waals surface area (Å²) in [5.74, 6) is -0.125. The summed E-state index contributed by atoms with van der Waals surface area (Å²) in [6.45, 7) is 7.47. The molecule has 9 nitrogen and oxygen atoms in total. The van der Waals surface area contributed by atoms with E-state index in [4.69, 9.17) is 0 Å². The summed E-state index contributed by atoms with van der Waals surface area (Å²) in [6.07, 6.45) is 1.59. The third-order valence-electron chi connectivity index (χ3n) is 5.74. The molecule has 10 heteroatoms. The lowest BCUT2D eigenvalue weighted by Gasteiger charge is -2.35. The van der Waals surface area contributed by atoms with Crippen LogP contribution in [0, 0.1) is 0 Å². The number of benzene rings is 2. The lowest BCUT2D eigenvalue weighted by molar-refractivity contribution is -0.113. The van der Waals surface area contributed by atoms with E-state index in [1.165, 1.54) is 17.4 Å². The maximum Gasteiger partial charge on any atom is 0.255 e. The molecule has 0 unspecified atom stereocenters. The highest BCUT2D eigenvalue weighted by molar-refractivity contribution is 7.99. The van der Waals surface area contributed by atoms with Crippen LogP contribution in [0.15, 0.2) is 60.0 Å². The zero-order valence-corrected chi connectivity index (χ0v) is 20.2. The Morgan fingerprint density at radius 2 is 1.59 bits per heavy atom. The molecule has 0 atom stereocenters. The van der Waals surface area contributed by atoms with Crippen LogP contribution in [0.5, 0.6) is 0 Å². The van der Waals surface area contributed by atoms with Crippen molar-refractivity contribution < 1.29 is 9.59 Å². The molecule has 2 N–H and O–H groups in total. The number of hydrogen-bond donors (Lipinski definition) is 2. The van der Waals surface area contributed by atoms with Crippen molar-refractivity contribution in [2.45, 2.75) is 12.1 Å². The lowest BCUT2D eigenvalue weighted by Crippen LogP contribution is -2.46. The van der Waals surface area contributed by atoms with Crippen LogP contribution < -0.4 is 15.5 Å². The van der Waals surface area contributed by atoms with Gasteiger partial charge >= 0.3 is 0 Å². The van der Waals surface area contributed by atoms with Crippen LogP contribution in [0.2, 0.25) is 0 Å². The highest BCUT2D eigenvalue weighted by atomic mass is 32.2. The minimum Gasteiger partial charge on any atom is -0.369 e. The second-order valence-electron chi connectivity index (χ2n) is 8.06. The Hall–Kier alpha value is -3.37. The molecule has 4 rings (SSSR count). The van der Waals surface area contributed by atoms with Crippen molar-refractivity contribution in [3.63, 3.8) is 0 Å². The lowest BCUT2D eigenvalue weighted by atomic mass is 10.1. The topological polar surface area (TPSA) is 95.4 Å². The largest absolute Gasteiger partial charge is 0.369 e. The molecule has 2 heterocycles. The van der Waals surface area contributed by atoms with E-state index in [2.05, 4.69) is 49.7 Å². The molecule has 1 fully saturated rings. The molecule has 1 saturated heterocycles. The maximum atomic E-state index is 12.6. The molecular weight excluding hydrogens is 450 g/mol. The molecule has 1 aliphatic heterocycles. The smallest absolute Gasteiger partial charge is 0.255 e. The van der Waals surface area contributed by atoms with Gasteiger partial charge in [0.1, 0.15) is 6.33 Å². The molecule has 0 bridgehead atoms. The number of anilines is 3. The van der Waals surface area contributed by atoms with Gasteiger partial charge in [-0.25, -0.2) is 0 Å². The first-order valence-corrected chi connectivity index (χ1v) is 12.3. The number of hydrogen-bond acceptors (Lipinski definition) is 7. The number of nitrogens with one attached hydrogen (secondary N) is 2. The quantitative estimate of drug-likeness (QED) is 0.480. The Labute approximate surface area is 203 Å². The Morgan fingerprint density at radius 3 is 2.21 bits per heavy atom. The van der Waals surface area contributed by atoms with Crippen molar-refractivity contribution in [2.75, 3.05) is 54.0 Å². The van der Waals surface area contributed by atoms with Crippen molar-refractivity contribution in [3.8, 4) is 0 Å². The summed E-state index contributed by atoms with van der Waals surface area (Å²) in [6, 6.07) is 14.8. The van der Waals surface area contributed by atoms with Crippen LogP contribution in [0.1, 0.15) is 17.3 Å². The van der Waals surface area contributed by atoms with Crippen molar-refractivity contribution in [1.29, 1.82) is 0 Å². The van der Waals surface area contributed by atoms with Crippen LogP contribution in [0.3, 0.4) is 0 Å². The number of aryl methyl sites for hydroxylation is 1. The van der Waals surface area contributed by atoms with Gasteiger partial charge in [0.05, 0.1) is 5.75 Å². The average Bonchev–Trinajstić information content (AvgIpc) is 3.28. The molecule has 34 heavy (non-hydrogen) atoms. The van der Waals surface area contributed by atoms with Gasteiger partial charge in [-0.15, -0.1) is 10.2 Å². The van der Waals surface area contributed by atoms with Gasteiger partial charge in [-0.05, 0) is 55.1 Å². The fourth-order valence-corrected chi connectivity index (χ4v) is 4.40. The summed E-state index contributed by atoms with van der Waals surface area (Å²) in [5.41, 5.74) is 3.07. The van der Waals surface area contributed by atoms with Gasteiger partial charge < -0.3 is 25.0 Å². The number of nitrogens with zero attached hydrogens (tertiary/aromatic N) is 5. The van der Waals surface area contributed by atoms with Crippen molar-refractivity contribution in [3.05, 3.63) is 60.4 Å². The second kappa shape index (κ2) is 11.2. The predicted octanol–water partition coefficient (Wildman–Crippen LogP) is 2.94. The van der Waals surface area contributed by atoms with Gasteiger partial charge in [0.25, 0.3) is 5.91 Å². The molecule has 2 aromatic carbocycles. The van der Waals surface area contributed by atoms with Crippen LogP contribution in [-0.4, -0.2) is 70.0 Å². The third kappa shape index (κ3) is 6.15. The van der Waals surface area contributed by atoms with E-state index < -0.39 is 0 Å². The van der Waals surface area contributed by atoms with Gasteiger partial charge in [0.2, 0.25) is 5.91 Å². The van der Waals surface area contributed by atoms with E-state index in [1.807, 2.05) is 19.2 Å². The van der Waals surface area contributed by atoms with Crippen LogP contribution >= 0.6 is 11.8 Å². The van der Waals surface area contributed by atoms with Gasteiger partial charge in [-0.2, -0.15) is 0 Å². The number of carbonyl (C=O) groups is 2. The average molecular weight is 480 g/mol. The fourth-order valence-electron chi connectivity index (χ4n) is 3.72. The van der Waals surface area contributed by atoms with Crippen LogP contribution in [-0.2, 0) is 11.8 Å². The normalized spacial score (nSPS) is 14.1. The molecule has 2 amide bonds. The van der Waals surface area contributed by atoms with Gasteiger partial charge in [-0.1, -0.05) is 18.7 Å². The molecule has 0 aliphatic carbocycles. The van der Waals surface area contributed by atoms with E-state index in [1.54, 1.807) is 35.2 Å². The predicted molar refractivity (Wildman–Crippen MR) is 136 cm³/mol. The Bertz CT molecular complexity index is 1110. The number of likely N-dealkylation sites (N-methyl/N-ethyl adjacent to an activating group) is 1.